The first-order valence-electron chi connectivity index (χ1n) is 9.02. The minimum Gasteiger partial charge on any atom is -0.336 e. The van der Waals surface area contributed by atoms with Crippen LogP contribution in [0.2, 0.25) is 0 Å². The van der Waals surface area contributed by atoms with Gasteiger partial charge in [-0.05, 0) is 43.2 Å². The molecule has 0 saturated carbocycles. The van der Waals surface area contributed by atoms with E-state index in [1.54, 1.807) is 7.05 Å². The number of fused-ring (bicyclic) bond motifs is 1. The van der Waals surface area contributed by atoms with Crippen LogP contribution in [0.15, 0.2) is 59.6 Å². The van der Waals surface area contributed by atoms with E-state index in [4.69, 9.17) is 0 Å². The Morgan fingerprint density at radius 3 is 2.68 bits per heavy atom. The van der Waals surface area contributed by atoms with E-state index in [0.717, 1.165) is 32.7 Å². The first-order valence-corrected chi connectivity index (χ1v) is 10.0. The van der Waals surface area contributed by atoms with Crippen LogP contribution in [-0.2, 0) is 9.59 Å². The summed E-state index contributed by atoms with van der Waals surface area (Å²) in [6.07, 6.45) is 0. The van der Waals surface area contributed by atoms with Crippen molar-refractivity contribution in [2.24, 2.45) is 0 Å². The first kappa shape index (κ1) is 19.9. The van der Waals surface area contributed by atoms with Crippen LogP contribution >= 0.6 is 11.8 Å². The van der Waals surface area contributed by atoms with Gasteiger partial charge in [0.05, 0.1) is 22.8 Å². The Kier molecular flexibility index (Phi) is 6.31. The number of carbonyl (C=O) groups is 2. The van der Waals surface area contributed by atoms with E-state index in [9.17, 15) is 9.59 Å². The minimum atomic E-state index is -0.210. The van der Waals surface area contributed by atoms with Gasteiger partial charge < -0.3 is 10.2 Å². The molecule has 144 valence electrons. The van der Waals surface area contributed by atoms with Crippen LogP contribution in [0.1, 0.15) is 11.1 Å². The number of thioether (sulfide) groups is 1. The van der Waals surface area contributed by atoms with Gasteiger partial charge in [0.15, 0.2) is 0 Å². The molecule has 0 radical (unpaired) electrons. The zero-order valence-electron chi connectivity index (χ0n) is 16.2. The Labute approximate surface area is 169 Å². The lowest BCUT2D eigenvalue weighted by atomic mass is 10.1. The number of rotatable bonds is 6. The van der Waals surface area contributed by atoms with E-state index >= 15 is 0 Å². The highest BCUT2D eigenvalue weighted by Crippen LogP contribution is 2.20. The van der Waals surface area contributed by atoms with E-state index in [-0.39, 0.29) is 24.1 Å². The summed E-state index contributed by atoms with van der Waals surface area (Å²) >= 11 is 1.37. The van der Waals surface area contributed by atoms with Gasteiger partial charge in [0.25, 0.3) is 0 Å². The molecule has 2 amide bonds. The van der Waals surface area contributed by atoms with Crippen LogP contribution in [0.5, 0.6) is 0 Å². The van der Waals surface area contributed by atoms with Gasteiger partial charge in [0.2, 0.25) is 11.8 Å². The second-order valence-electron chi connectivity index (χ2n) is 6.75. The number of carbonyl (C=O) groups excluding carboxylic acids is 2. The molecular weight excluding hydrogens is 370 g/mol. The third-order valence-electron chi connectivity index (χ3n) is 4.39. The van der Waals surface area contributed by atoms with Crippen molar-refractivity contribution in [1.82, 2.24) is 9.88 Å². The summed E-state index contributed by atoms with van der Waals surface area (Å²) in [5.41, 5.74) is 3.75. The molecule has 0 aliphatic heterocycles. The second kappa shape index (κ2) is 8.89. The number of amides is 2. The Morgan fingerprint density at radius 1 is 1.07 bits per heavy atom. The molecule has 1 aromatic heterocycles. The third-order valence-corrected chi connectivity index (χ3v) is 5.30. The molecule has 0 spiro atoms. The molecule has 3 aromatic rings. The van der Waals surface area contributed by atoms with Crippen LogP contribution < -0.4 is 5.32 Å². The maximum absolute atomic E-state index is 12.4. The summed E-state index contributed by atoms with van der Waals surface area (Å²) in [6, 6.07) is 17.7. The van der Waals surface area contributed by atoms with Gasteiger partial charge in [0.1, 0.15) is 0 Å². The van der Waals surface area contributed by atoms with Gasteiger partial charge in [-0.25, -0.2) is 4.98 Å². The van der Waals surface area contributed by atoms with Crippen LogP contribution in [0.4, 0.5) is 5.69 Å². The molecule has 0 atom stereocenters. The molecule has 0 aliphatic rings. The topological polar surface area (TPSA) is 62.3 Å². The van der Waals surface area contributed by atoms with E-state index < -0.39 is 0 Å². The van der Waals surface area contributed by atoms with Crippen LogP contribution in [-0.4, -0.2) is 41.0 Å². The largest absolute Gasteiger partial charge is 0.336 e. The molecule has 0 unspecified atom stereocenters. The van der Waals surface area contributed by atoms with Crippen molar-refractivity contribution in [1.29, 1.82) is 0 Å². The number of hydrogen-bond acceptors (Lipinski definition) is 4. The number of para-hydroxylation sites is 1. The zero-order valence-corrected chi connectivity index (χ0v) is 17.0. The number of nitrogens with zero attached hydrogens (tertiary/aromatic N) is 2. The van der Waals surface area contributed by atoms with Gasteiger partial charge in [-0.3, -0.25) is 9.59 Å². The summed E-state index contributed by atoms with van der Waals surface area (Å²) in [6.45, 7) is 3.93. The van der Waals surface area contributed by atoms with Crippen molar-refractivity contribution in [3.63, 3.8) is 0 Å². The van der Waals surface area contributed by atoms with E-state index in [1.807, 2.05) is 68.4 Å². The summed E-state index contributed by atoms with van der Waals surface area (Å²) in [5, 5.41) is 4.74. The maximum atomic E-state index is 12.4. The van der Waals surface area contributed by atoms with Crippen molar-refractivity contribution >= 4 is 40.2 Å². The fraction of sp³-hybridized carbons (Fsp3) is 0.227. The Bertz CT molecular complexity index is 1020. The van der Waals surface area contributed by atoms with Gasteiger partial charge in [0, 0.05) is 18.1 Å². The SMILES string of the molecule is Cc1ccc(C)c(NC(=O)CN(C)C(=O)CSc2ccc3ccccc3n2)c1. The molecule has 0 fully saturated rings. The number of likely N-dealkylation sites (N-methyl/N-ethyl adjacent to an activating group) is 1. The van der Waals surface area contributed by atoms with Crippen molar-refractivity contribution in [2.75, 3.05) is 24.7 Å². The quantitative estimate of drug-likeness (QED) is 0.642. The monoisotopic (exact) mass is 393 g/mol. The maximum Gasteiger partial charge on any atom is 0.243 e. The lowest BCUT2D eigenvalue weighted by Gasteiger charge is -2.17. The molecule has 0 saturated heterocycles. The summed E-state index contributed by atoms with van der Waals surface area (Å²) in [7, 11) is 1.64. The number of benzene rings is 2. The predicted molar refractivity (Wildman–Crippen MR) is 115 cm³/mol. The molecule has 5 nitrogen and oxygen atoms in total. The lowest BCUT2D eigenvalue weighted by Crippen LogP contribution is -2.36. The van der Waals surface area contributed by atoms with Gasteiger partial charge in [-0.15, -0.1) is 0 Å². The van der Waals surface area contributed by atoms with Gasteiger partial charge >= 0.3 is 0 Å². The highest BCUT2D eigenvalue weighted by Gasteiger charge is 2.14. The average Bonchev–Trinajstić information content (AvgIpc) is 2.68. The Balaban J connectivity index is 1.53. The molecule has 1 heterocycles. The van der Waals surface area contributed by atoms with Crippen LogP contribution in [0, 0.1) is 13.8 Å². The molecule has 28 heavy (non-hydrogen) atoms. The zero-order chi connectivity index (χ0) is 20.1. The molecular formula is C22H23N3O2S. The normalized spacial score (nSPS) is 10.7. The number of aromatic nitrogens is 1. The van der Waals surface area contributed by atoms with Gasteiger partial charge in [-0.2, -0.15) is 0 Å². The predicted octanol–water partition coefficient (Wildman–Crippen LogP) is 4.04. The molecule has 0 aliphatic carbocycles. The number of pyridine rings is 1. The van der Waals surface area contributed by atoms with E-state index in [1.165, 1.54) is 16.7 Å². The third kappa shape index (κ3) is 5.10. The summed E-state index contributed by atoms with van der Waals surface area (Å²) in [4.78, 5) is 30.7. The van der Waals surface area contributed by atoms with Crippen molar-refractivity contribution in [2.45, 2.75) is 18.9 Å². The number of hydrogen-bond donors (Lipinski definition) is 1. The van der Waals surface area contributed by atoms with Crippen molar-refractivity contribution in [3.8, 4) is 0 Å². The van der Waals surface area contributed by atoms with Crippen LogP contribution in [0.25, 0.3) is 10.9 Å². The van der Waals surface area contributed by atoms with E-state index in [2.05, 4.69) is 10.3 Å². The minimum absolute atomic E-state index is 0.0118. The number of nitrogens with one attached hydrogen (secondary N) is 1. The molecule has 1 N–H and O–H groups in total. The molecule has 3 rings (SSSR count). The summed E-state index contributed by atoms with van der Waals surface area (Å²) < 4.78 is 0. The fourth-order valence-corrected chi connectivity index (χ4v) is 3.56. The molecule has 2 aromatic carbocycles. The number of anilines is 1. The van der Waals surface area contributed by atoms with E-state index in [0.29, 0.717) is 0 Å². The molecule has 0 bridgehead atoms. The number of aryl methyl sites for hydroxylation is 2. The second-order valence-corrected chi connectivity index (χ2v) is 7.74. The molecule has 6 heteroatoms. The fourth-order valence-electron chi connectivity index (χ4n) is 2.74. The highest BCUT2D eigenvalue weighted by atomic mass is 32.2. The smallest absolute Gasteiger partial charge is 0.243 e. The lowest BCUT2D eigenvalue weighted by molar-refractivity contribution is -0.131. The average molecular weight is 394 g/mol. The van der Waals surface area contributed by atoms with Crippen LogP contribution in [0.3, 0.4) is 0 Å². The first-order chi connectivity index (χ1) is 13.4. The van der Waals surface area contributed by atoms with Crippen molar-refractivity contribution in [3.05, 3.63) is 65.7 Å². The highest BCUT2D eigenvalue weighted by molar-refractivity contribution is 7.99. The standard InChI is InChI=1S/C22H23N3O2S/c1-15-8-9-16(2)19(12-15)23-20(26)13-25(3)22(27)14-28-21-11-10-17-6-4-5-7-18(17)24-21/h4-12H,13-14H2,1-3H3,(H,23,26). The van der Waals surface area contributed by atoms with Crippen molar-refractivity contribution < 1.29 is 9.59 Å². The Morgan fingerprint density at radius 2 is 1.86 bits per heavy atom. The van der Waals surface area contributed by atoms with Gasteiger partial charge in [-0.1, -0.05) is 48.2 Å². The summed E-state index contributed by atoms with van der Waals surface area (Å²) in [5.74, 6) is -0.0899. The Hall–Kier alpha value is -2.86.